The van der Waals surface area contributed by atoms with Gasteiger partial charge < -0.3 is 0 Å². The largest absolute Gasteiger partial charge is 0.329 e. The van der Waals surface area contributed by atoms with Crippen LogP contribution in [-0.4, -0.2) is 30.2 Å². The first-order valence-corrected chi connectivity index (χ1v) is 9.21. The molecule has 0 unspecified atom stereocenters. The molecule has 0 fully saturated rings. The van der Waals surface area contributed by atoms with Crippen molar-refractivity contribution in [1.82, 2.24) is 19.1 Å². The lowest BCUT2D eigenvalue weighted by atomic mass is 10.2. The Morgan fingerprint density at radius 1 is 1.19 bits per heavy atom. The lowest BCUT2D eigenvalue weighted by molar-refractivity contribution is -0.384. The van der Waals surface area contributed by atoms with E-state index < -0.39 is 16.2 Å². The summed E-state index contributed by atoms with van der Waals surface area (Å²) in [5, 5.41) is 15.0. The van der Waals surface area contributed by atoms with Crippen molar-refractivity contribution in [3.63, 3.8) is 0 Å². The van der Waals surface area contributed by atoms with Crippen LogP contribution < -0.4 is 16.7 Å². The number of non-ortho nitro benzene ring substituents is 1. The highest BCUT2D eigenvalue weighted by Gasteiger charge is 2.17. The number of nitro groups is 1. The third-order valence-electron chi connectivity index (χ3n) is 4.65. The molecule has 2 heterocycles. The topological polar surface area (TPSA) is 140 Å². The van der Waals surface area contributed by atoms with Crippen molar-refractivity contribution < 1.29 is 4.92 Å². The van der Waals surface area contributed by atoms with E-state index in [9.17, 15) is 19.7 Å². The Labute approximate surface area is 174 Å². The van der Waals surface area contributed by atoms with E-state index >= 15 is 0 Å². The van der Waals surface area contributed by atoms with Crippen LogP contribution in [0.5, 0.6) is 0 Å². The monoisotopic (exact) mass is 419 g/mol. The summed E-state index contributed by atoms with van der Waals surface area (Å²) in [6, 6.07) is 15.4. The summed E-state index contributed by atoms with van der Waals surface area (Å²) in [7, 11) is 1.51. The Bertz CT molecular complexity index is 1420. The summed E-state index contributed by atoms with van der Waals surface area (Å²) in [6.45, 7) is 0.313. The van der Waals surface area contributed by atoms with E-state index in [2.05, 4.69) is 20.5 Å². The van der Waals surface area contributed by atoms with E-state index in [1.54, 1.807) is 16.7 Å². The van der Waals surface area contributed by atoms with Crippen molar-refractivity contribution in [2.24, 2.45) is 12.1 Å². The Morgan fingerprint density at radius 2 is 1.97 bits per heavy atom. The first kappa shape index (κ1) is 19.8. The Morgan fingerprint density at radius 3 is 2.71 bits per heavy atom. The summed E-state index contributed by atoms with van der Waals surface area (Å²) in [5.74, 6) is 0.243. The average Bonchev–Trinajstić information content (AvgIpc) is 3.12. The van der Waals surface area contributed by atoms with Crippen molar-refractivity contribution in [2.75, 3.05) is 5.43 Å². The SMILES string of the molecule is Cn1c(=O)[nH]c(=O)c2c1nc(N/N=C/c1cccc([N+](=O)[O-])c1)n2Cc1ccccc1. The number of aromatic nitrogens is 4. The molecule has 11 nitrogen and oxygen atoms in total. The molecule has 2 aromatic heterocycles. The summed E-state index contributed by atoms with van der Waals surface area (Å²) < 4.78 is 2.86. The van der Waals surface area contributed by atoms with Gasteiger partial charge in [-0.3, -0.25) is 29.0 Å². The third-order valence-corrected chi connectivity index (χ3v) is 4.65. The molecule has 2 aromatic carbocycles. The van der Waals surface area contributed by atoms with Crippen molar-refractivity contribution in [1.29, 1.82) is 0 Å². The van der Waals surface area contributed by atoms with E-state index in [1.807, 2.05) is 30.3 Å². The number of benzene rings is 2. The number of anilines is 1. The van der Waals surface area contributed by atoms with Crippen LogP contribution in [0.25, 0.3) is 11.2 Å². The van der Waals surface area contributed by atoms with Crippen LogP contribution in [0.2, 0.25) is 0 Å². The van der Waals surface area contributed by atoms with Crippen molar-refractivity contribution in [2.45, 2.75) is 6.54 Å². The normalized spacial score (nSPS) is 11.3. The Hall–Kier alpha value is -4.54. The van der Waals surface area contributed by atoms with Gasteiger partial charge in [0.1, 0.15) is 0 Å². The zero-order valence-corrected chi connectivity index (χ0v) is 16.3. The summed E-state index contributed by atoms with van der Waals surface area (Å²) in [5.41, 5.74) is 3.45. The van der Waals surface area contributed by atoms with E-state index in [-0.39, 0.29) is 22.8 Å². The maximum Gasteiger partial charge on any atom is 0.329 e. The lowest BCUT2D eigenvalue weighted by Gasteiger charge is -2.08. The van der Waals surface area contributed by atoms with Gasteiger partial charge >= 0.3 is 5.69 Å². The number of nitrogens with zero attached hydrogens (tertiary/aromatic N) is 5. The fourth-order valence-corrected chi connectivity index (χ4v) is 3.12. The van der Waals surface area contributed by atoms with Crippen LogP contribution in [0.4, 0.5) is 11.6 Å². The minimum absolute atomic E-state index is 0.0539. The molecule has 0 aliphatic carbocycles. The van der Waals surface area contributed by atoms with Gasteiger partial charge in [-0.25, -0.2) is 10.2 Å². The van der Waals surface area contributed by atoms with Crippen molar-refractivity contribution >= 4 is 29.0 Å². The van der Waals surface area contributed by atoms with E-state index in [0.29, 0.717) is 12.1 Å². The van der Waals surface area contributed by atoms with E-state index in [0.717, 1.165) is 5.56 Å². The zero-order valence-electron chi connectivity index (χ0n) is 16.3. The molecule has 4 aromatic rings. The van der Waals surface area contributed by atoms with E-state index in [4.69, 9.17) is 0 Å². The molecule has 0 aliphatic rings. The van der Waals surface area contributed by atoms with Gasteiger partial charge in [-0.1, -0.05) is 42.5 Å². The van der Waals surface area contributed by atoms with Crippen molar-refractivity contribution in [3.05, 3.63) is 96.7 Å². The number of nitro benzene ring substituents is 1. The Balaban J connectivity index is 1.75. The molecule has 0 spiro atoms. The van der Waals surface area contributed by atoms with Crippen LogP contribution in [0, 0.1) is 10.1 Å². The second-order valence-corrected chi connectivity index (χ2v) is 6.72. The highest BCUT2D eigenvalue weighted by Crippen LogP contribution is 2.18. The standard InChI is InChI=1S/C20H17N7O4/c1-25-17-16(18(28)23-20(25)29)26(12-13-6-3-2-4-7-13)19(22-17)24-21-11-14-8-5-9-15(10-14)27(30)31/h2-11H,12H2,1H3,(H,22,24)(H,23,28,29)/b21-11+. The van der Waals surface area contributed by atoms with Gasteiger partial charge in [-0.05, 0) is 5.56 Å². The molecule has 156 valence electrons. The quantitative estimate of drug-likeness (QED) is 0.278. The van der Waals surface area contributed by atoms with Gasteiger partial charge in [0.05, 0.1) is 17.7 Å². The first-order chi connectivity index (χ1) is 14.9. The number of imidazole rings is 1. The number of hydrogen-bond acceptors (Lipinski definition) is 7. The van der Waals surface area contributed by atoms with Gasteiger partial charge in [-0.2, -0.15) is 10.1 Å². The van der Waals surface area contributed by atoms with Crippen LogP contribution in [0.15, 0.2) is 69.3 Å². The molecule has 0 amide bonds. The van der Waals surface area contributed by atoms with Crippen molar-refractivity contribution in [3.8, 4) is 0 Å². The molecule has 0 saturated carbocycles. The lowest BCUT2D eigenvalue weighted by Crippen LogP contribution is -2.29. The molecular formula is C20H17N7O4. The first-order valence-electron chi connectivity index (χ1n) is 9.21. The van der Waals surface area contributed by atoms with E-state index in [1.165, 1.54) is 30.0 Å². The molecule has 4 rings (SSSR count). The smallest absolute Gasteiger partial charge is 0.298 e. The average molecular weight is 419 g/mol. The maximum atomic E-state index is 12.5. The third kappa shape index (κ3) is 3.96. The molecule has 31 heavy (non-hydrogen) atoms. The van der Waals surface area contributed by atoms with Crippen LogP contribution in [0.1, 0.15) is 11.1 Å². The highest BCUT2D eigenvalue weighted by molar-refractivity contribution is 5.81. The predicted octanol–water partition coefficient (Wildman–Crippen LogP) is 1.83. The molecule has 0 bridgehead atoms. The summed E-state index contributed by atoms with van der Waals surface area (Å²) >= 11 is 0. The molecule has 11 heteroatoms. The second-order valence-electron chi connectivity index (χ2n) is 6.72. The number of aromatic amines is 1. The number of hydrogen-bond donors (Lipinski definition) is 2. The van der Waals surface area contributed by atoms with Gasteiger partial charge in [0, 0.05) is 24.7 Å². The predicted molar refractivity (Wildman–Crippen MR) is 115 cm³/mol. The number of rotatable bonds is 6. The number of hydrazone groups is 1. The minimum atomic E-state index is -0.575. The van der Waals surface area contributed by atoms with Gasteiger partial charge in [0.15, 0.2) is 11.2 Å². The summed E-state index contributed by atoms with van der Waals surface area (Å²) in [4.78, 5) is 41.6. The van der Waals surface area contributed by atoms with Gasteiger partial charge in [0.25, 0.3) is 11.2 Å². The highest BCUT2D eigenvalue weighted by atomic mass is 16.6. The number of nitrogens with one attached hydrogen (secondary N) is 2. The van der Waals surface area contributed by atoms with Crippen LogP contribution >= 0.6 is 0 Å². The minimum Gasteiger partial charge on any atom is -0.298 e. The molecule has 0 saturated heterocycles. The van der Waals surface area contributed by atoms with Gasteiger partial charge in [-0.15, -0.1) is 0 Å². The summed E-state index contributed by atoms with van der Waals surface area (Å²) in [6.07, 6.45) is 1.41. The molecule has 2 N–H and O–H groups in total. The Kier molecular flexibility index (Phi) is 5.14. The molecular weight excluding hydrogens is 402 g/mol. The number of fused-ring (bicyclic) bond motifs is 1. The fourth-order valence-electron chi connectivity index (χ4n) is 3.12. The molecule has 0 radical (unpaired) electrons. The van der Waals surface area contributed by atoms with Gasteiger partial charge in [0.2, 0.25) is 5.95 Å². The van der Waals surface area contributed by atoms with Crippen LogP contribution in [-0.2, 0) is 13.6 Å². The fraction of sp³-hybridized carbons (Fsp3) is 0.100. The molecule has 0 atom stereocenters. The van der Waals surface area contributed by atoms with Crippen LogP contribution in [0.3, 0.4) is 0 Å². The number of H-pyrrole nitrogens is 1. The second kappa shape index (κ2) is 8.06. The number of aryl methyl sites for hydroxylation is 1. The molecule has 0 aliphatic heterocycles. The maximum absolute atomic E-state index is 12.5. The zero-order chi connectivity index (χ0) is 22.0.